The maximum atomic E-state index is 10.5. The largest absolute Gasteiger partial charge is 0.390 e. The Kier molecular flexibility index (Phi) is 5.07. The van der Waals surface area contributed by atoms with Gasteiger partial charge in [-0.3, -0.25) is 0 Å². The third-order valence-corrected chi connectivity index (χ3v) is 4.14. The van der Waals surface area contributed by atoms with Crippen LogP contribution in [0.3, 0.4) is 0 Å². The van der Waals surface area contributed by atoms with Crippen molar-refractivity contribution in [3.63, 3.8) is 0 Å². The molecule has 90 valence electrons. The highest BCUT2D eigenvalue weighted by Gasteiger charge is 2.41. The Balaban J connectivity index is 2.70. The fraction of sp³-hybridized carbons (Fsp3) is 1.00. The summed E-state index contributed by atoms with van der Waals surface area (Å²) in [4.78, 5) is 0. The fourth-order valence-corrected chi connectivity index (χ4v) is 2.94. The molecule has 2 heteroatoms. The van der Waals surface area contributed by atoms with Gasteiger partial charge in [0.15, 0.2) is 0 Å². The van der Waals surface area contributed by atoms with E-state index in [1.807, 2.05) is 0 Å². The predicted molar refractivity (Wildman–Crippen MR) is 62.9 cm³/mol. The summed E-state index contributed by atoms with van der Waals surface area (Å²) in [6.45, 7) is 4.31. The van der Waals surface area contributed by atoms with Gasteiger partial charge in [-0.1, -0.05) is 46.0 Å². The molecule has 1 N–H and O–H groups in total. The molecule has 15 heavy (non-hydrogen) atoms. The Morgan fingerprint density at radius 3 is 2.07 bits per heavy atom. The van der Waals surface area contributed by atoms with Gasteiger partial charge >= 0.3 is 0 Å². The first-order chi connectivity index (χ1) is 7.20. The Bertz CT molecular complexity index is 169. The quantitative estimate of drug-likeness (QED) is 0.762. The molecule has 1 rings (SSSR count). The molecule has 1 aliphatic rings. The van der Waals surface area contributed by atoms with Crippen molar-refractivity contribution in [1.29, 1.82) is 0 Å². The first-order valence-corrected chi connectivity index (χ1v) is 6.43. The third kappa shape index (κ3) is 2.73. The number of rotatable bonds is 5. The van der Waals surface area contributed by atoms with Crippen LogP contribution in [-0.4, -0.2) is 23.9 Å². The van der Waals surface area contributed by atoms with Crippen LogP contribution in [0.4, 0.5) is 0 Å². The smallest absolute Gasteiger partial charge is 0.0939 e. The van der Waals surface area contributed by atoms with E-state index >= 15 is 0 Å². The summed E-state index contributed by atoms with van der Waals surface area (Å²) in [6, 6.07) is 0. The van der Waals surface area contributed by atoms with Gasteiger partial charge in [0.1, 0.15) is 0 Å². The van der Waals surface area contributed by atoms with Crippen LogP contribution in [0, 0.1) is 5.92 Å². The molecule has 1 atom stereocenters. The lowest BCUT2D eigenvalue weighted by atomic mass is 9.75. The molecule has 1 saturated carbocycles. The van der Waals surface area contributed by atoms with E-state index < -0.39 is 0 Å². The molecule has 1 unspecified atom stereocenters. The van der Waals surface area contributed by atoms with Crippen molar-refractivity contribution >= 4 is 0 Å². The molecule has 1 fully saturated rings. The van der Waals surface area contributed by atoms with Crippen molar-refractivity contribution in [1.82, 2.24) is 0 Å². The van der Waals surface area contributed by atoms with Crippen molar-refractivity contribution in [2.75, 3.05) is 7.11 Å². The highest BCUT2D eigenvalue weighted by molar-refractivity contribution is 4.93. The lowest BCUT2D eigenvalue weighted by molar-refractivity contribution is -0.143. The van der Waals surface area contributed by atoms with Crippen molar-refractivity contribution in [3.05, 3.63) is 0 Å². The van der Waals surface area contributed by atoms with Gasteiger partial charge in [-0.25, -0.2) is 0 Å². The van der Waals surface area contributed by atoms with Gasteiger partial charge < -0.3 is 9.84 Å². The molecule has 0 aromatic heterocycles. The Morgan fingerprint density at radius 1 is 1.13 bits per heavy atom. The zero-order valence-electron chi connectivity index (χ0n) is 10.5. The second-order valence-corrected chi connectivity index (χ2v) is 4.85. The number of ether oxygens (including phenoxy) is 1. The van der Waals surface area contributed by atoms with E-state index in [1.165, 1.54) is 19.3 Å². The zero-order chi connectivity index (χ0) is 11.3. The molecule has 0 amide bonds. The maximum absolute atomic E-state index is 10.5. The number of hydrogen-bond donors (Lipinski definition) is 1. The van der Waals surface area contributed by atoms with Crippen molar-refractivity contribution < 1.29 is 9.84 Å². The summed E-state index contributed by atoms with van der Waals surface area (Å²) in [7, 11) is 1.76. The van der Waals surface area contributed by atoms with E-state index in [0.29, 0.717) is 5.92 Å². The Labute approximate surface area is 94.0 Å². The van der Waals surface area contributed by atoms with Crippen LogP contribution in [0.25, 0.3) is 0 Å². The van der Waals surface area contributed by atoms with E-state index in [2.05, 4.69) is 13.8 Å². The lowest BCUT2D eigenvalue weighted by Gasteiger charge is -2.42. The summed E-state index contributed by atoms with van der Waals surface area (Å²) in [5.41, 5.74) is -0.241. The standard InChI is InChI=1S/C13H26O2/c1-4-11(5-2)12(14)13(15-3)9-7-6-8-10-13/h11-12,14H,4-10H2,1-3H3. The summed E-state index contributed by atoms with van der Waals surface area (Å²) < 4.78 is 5.68. The zero-order valence-corrected chi connectivity index (χ0v) is 10.5. The van der Waals surface area contributed by atoms with Gasteiger partial charge in [-0.05, 0) is 18.8 Å². The number of hydrogen-bond acceptors (Lipinski definition) is 2. The summed E-state index contributed by atoms with van der Waals surface area (Å²) in [5.74, 6) is 0.392. The second kappa shape index (κ2) is 5.86. The summed E-state index contributed by atoms with van der Waals surface area (Å²) in [5, 5.41) is 10.5. The number of methoxy groups -OCH3 is 1. The van der Waals surface area contributed by atoms with Crippen LogP contribution in [0.15, 0.2) is 0 Å². The molecule has 0 radical (unpaired) electrons. The minimum Gasteiger partial charge on any atom is -0.390 e. The third-order valence-electron chi connectivity index (χ3n) is 4.14. The first kappa shape index (κ1) is 13.0. The fourth-order valence-electron chi connectivity index (χ4n) is 2.94. The predicted octanol–water partition coefficient (Wildman–Crippen LogP) is 3.13. The van der Waals surface area contributed by atoms with E-state index in [4.69, 9.17) is 4.74 Å². The minimum atomic E-state index is -0.280. The maximum Gasteiger partial charge on any atom is 0.0939 e. The van der Waals surface area contributed by atoms with Gasteiger partial charge in [0.2, 0.25) is 0 Å². The van der Waals surface area contributed by atoms with Gasteiger partial charge in [0, 0.05) is 7.11 Å². The molecule has 0 spiro atoms. The van der Waals surface area contributed by atoms with Gasteiger partial charge in [-0.2, -0.15) is 0 Å². The molecule has 0 aromatic rings. The Morgan fingerprint density at radius 2 is 1.67 bits per heavy atom. The normalized spacial score (nSPS) is 23.0. The van der Waals surface area contributed by atoms with E-state index in [9.17, 15) is 5.11 Å². The average molecular weight is 214 g/mol. The van der Waals surface area contributed by atoms with Crippen molar-refractivity contribution in [2.45, 2.75) is 70.5 Å². The molecule has 0 aromatic carbocycles. The van der Waals surface area contributed by atoms with Gasteiger partial charge in [0.05, 0.1) is 11.7 Å². The molecular formula is C13H26O2. The van der Waals surface area contributed by atoms with Crippen LogP contribution < -0.4 is 0 Å². The number of aliphatic hydroxyl groups excluding tert-OH is 1. The van der Waals surface area contributed by atoms with Crippen LogP contribution in [0.1, 0.15) is 58.8 Å². The molecule has 0 aliphatic heterocycles. The highest BCUT2D eigenvalue weighted by Crippen LogP contribution is 2.38. The molecule has 0 saturated heterocycles. The molecule has 0 bridgehead atoms. The first-order valence-electron chi connectivity index (χ1n) is 6.43. The topological polar surface area (TPSA) is 29.5 Å². The second-order valence-electron chi connectivity index (χ2n) is 4.85. The lowest BCUT2D eigenvalue weighted by Crippen LogP contribution is -2.49. The molecule has 1 aliphatic carbocycles. The summed E-state index contributed by atoms with van der Waals surface area (Å²) >= 11 is 0. The van der Waals surface area contributed by atoms with Crippen LogP contribution in [0.2, 0.25) is 0 Å². The van der Waals surface area contributed by atoms with E-state index in [0.717, 1.165) is 25.7 Å². The van der Waals surface area contributed by atoms with Crippen LogP contribution in [0.5, 0.6) is 0 Å². The number of aliphatic hydroxyl groups is 1. The minimum absolute atomic E-state index is 0.241. The monoisotopic (exact) mass is 214 g/mol. The average Bonchev–Trinajstić information content (AvgIpc) is 2.31. The van der Waals surface area contributed by atoms with E-state index in [1.54, 1.807) is 7.11 Å². The SMILES string of the molecule is CCC(CC)C(O)C1(OC)CCCCC1. The highest BCUT2D eigenvalue weighted by atomic mass is 16.5. The molecule has 0 heterocycles. The Hall–Kier alpha value is -0.0800. The molecule has 2 nitrogen and oxygen atoms in total. The van der Waals surface area contributed by atoms with Crippen LogP contribution >= 0.6 is 0 Å². The van der Waals surface area contributed by atoms with Gasteiger partial charge in [0.25, 0.3) is 0 Å². The van der Waals surface area contributed by atoms with Crippen molar-refractivity contribution in [3.8, 4) is 0 Å². The van der Waals surface area contributed by atoms with Gasteiger partial charge in [-0.15, -0.1) is 0 Å². The summed E-state index contributed by atoms with van der Waals surface area (Å²) in [6.07, 6.45) is 7.56. The van der Waals surface area contributed by atoms with Crippen molar-refractivity contribution in [2.24, 2.45) is 5.92 Å². The van der Waals surface area contributed by atoms with Crippen LogP contribution in [-0.2, 0) is 4.74 Å². The van der Waals surface area contributed by atoms with E-state index in [-0.39, 0.29) is 11.7 Å². The molecular weight excluding hydrogens is 188 g/mol.